The molecule has 116 valence electrons. The first-order valence-corrected chi connectivity index (χ1v) is 6.62. The third-order valence-electron chi connectivity index (χ3n) is 2.55. The van der Waals surface area contributed by atoms with Gasteiger partial charge in [-0.15, -0.1) is 0 Å². The molecule has 0 aliphatic carbocycles. The van der Waals surface area contributed by atoms with Crippen molar-refractivity contribution in [3.63, 3.8) is 0 Å². The van der Waals surface area contributed by atoms with Gasteiger partial charge in [0, 0.05) is 19.3 Å². The number of amides is 2. The van der Waals surface area contributed by atoms with Gasteiger partial charge in [0.05, 0.1) is 26.2 Å². The van der Waals surface area contributed by atoms with E-state index in [9.17, 15) is 9.59 Å². The second-order valence-electron chi connectivity index (χ2n) is 4.29. The number of ether oxygens (including phenoxy) is 2. The van der Waals surface area contributed by atoms with Crippen LogP contribution in [0.25, 0.3) is 0 Å². The summed E-state index contributed by atoms with van der Waals surface area (Å²) in [5.74, 6) is 0.154. The minimum Gasteiger partial charge on any atom is -0.493 e. The van der Waals surface area contributed by atoms with Crippen LogP contribution in [0.3, 0.4) is 0 Å². The second-order valence-corrected chi connectivity index (χ2v) is 4.29. The topological polar surface area (TPSA) is 103 Å². The zero-order chi connectivity index (χ0) is 15.5. The molecule has 0 fully saturated rings. The fourth-order valence-corrected chi connectivity index (χ4v) is 1.45. The third kappa shape index (κ3) is 7.78. The van der Waals surface area contributed by atoms with E-state index in [-0.39, 0.29) is 31.4 Å². The van der Waals surface area contributed by atoms with Crippen molar-refractivity contribution < 1.29 is 19.1 Å². The number of rotatable bonds is 9. The van der Waals surface area contributed by atoms with Crippen LogP contribution in [0.2, 0.25) is 0 Å². The zero-order valence-electron chi connectivity index (χ0n) is 12.1. The van der Waals surface area contributed by atoms with E-state index in [1.807, 2.05) is 0 Å². The van der Waals surface area contributed by atoms with Crippen molar-refractivity contribution in [1.29, 1.82) is 0 Å². The van der Waals surface area contributed by atoms with Crippen molar-refractivity contribution in [3.8, 4) is 5.75 Å². The Kier molecular flexibility index (Phi) is 7.67. The first-order valence-electron chi connectivity index (χ1n) is 6.62. The van der Waals surface area contributed by atoms with E-state index < -0.39 is 0 Å². The highest BCUT2D eigenvalue weighted by atomic mass is 16.5. The average molecular weight is 295 g/mol. The lowest BCUT2D eigenvalue weighted by Crippen LogP contribution is -2.38. The number of carbonyl (C=O) groups excluding carboxylic acids is 2. The Bertz CT molecular complexity index is 448. The maximum Gasteiger partial charge on any atom is 0.239 e. The van der Waals surface area contributed by atoms with Gasteiger partial charge in [0.2, 0.25) is 11.8 Å². The molecule has 0 bridgehead atoms. The van der Waals surface area contributed by atoms with Crippen LogP contribution in [0.5, 0.6) is 5.75 Å². The molecular weight excluding hydrogens is 274 g/mol. The Labute approximate surface area is 123 Å². The fraction of sp³-hybridized carbons (Fsp3) is 0.429. The summed E-state index contributed by atoms with van der Waals surface area (Å²) >= 11 is 0. The first-order chi connectivity index (χ1) is 10.1. The second kappa shape index (κ2) is 9.60. The van der Waals surface area contributed by atoms with Crippen LogP contribution < -0.4 is 21.1 Å². The van der Waals surface area contributed by atoms with Gasteiger partial charge in [0.1, 0.15) is 5.75 Å². The highest BCUT2D eigenvalue weighted by Gasteiger charge is 2.05. The third-order valence-corrected chi connectivity index (χ3v) is 2.55. The van der Waals surface area contributed by atoms with E-state index in [1.165, 1.54) is 0 Å². The maximum atomic E-state index is 11.5. The molecule has 0 saturated carbocycles. The van der Waals surface area contributed by atoms with Crippen LogP contribution in [0.4, 0.5) is 5.69 Å². The largest absolute Gasteiger partial charge is 0.493 e. The molecule has 0 saturated heterocycles. The van der Waals surface area contributed by atoms with Crippen molar-refractivity contribution in [2.75, 3.05) is 39.1 Å². The molecule has 0 spiro atoms. The quantitative estimate of drug-likeness (QED) is 0.437. The van der Waals surface area contributed by atoms with E-state index in [1.54, 1.807) is 31.4 Å². The number of anilines is 1. The summed E-state index contributed by atoms with van der Waals surface area (Å²) in [7, 11) is 1.55. The monoisotopic (exact) mass is 295 g/mol. The summed E-state index contributed by atoms with van der Waals surface area (Å²) in [6, 6.07) is 6.91. The molecule has 1 aromatic carbocycles. The van der Waals surface area contributed by atoms with E-state index in [2.05, 4.69) is 10.6 Å². The lowest BCUT2D eigenvalue weighted by atomic mass is 10.3. The molecule has 0 aliphatic heterocycles. The van der Waals surface area contributed by atoms with E-state index in [4.69, 9.17) is 15.2 Å². The molecular formula is C14H21N3O4. The van der Waals surface area contributed by atoms with Gasteiger partial charge in [-0.1, -0.05) is 0 Å². The Morgan fingerprint density at radius 2 is 1.81 bits per heavy atom. The molecule has 1 aromatic rings. The van der Waals surface area contributed by atoms with Gasteiger partial charge < -0.3 is 25.8 Å². The molecule has 0 radical (unpaired) electrons. The zero-order valence-corrected chi connectivity index (χ0v) is 12.1. The Balaban J connectivity index is 2.11. The SMILES string of the molecule is COCCNC(=O)CNC(=O)CCOc1ccc(N)cc1. The highest BCUT2D eigenvalue weighted by molar-refractivity contribution is 5.84. The van der Waals surface area contributed by atoms with Crippen LogP contribution in [-0.4, -0.2) is 45.2 Å². The predicted molar refractivity (Wildman–Crippen MR) is 78.9 cm³/mol. The van der Waals surface area contributed by atoms with Crippen LogP contribution in [0, 0.1) is 0 Å². The predicted octanol–water partition coefficient (Wildman–Crippen LogP) is -0.0835. The lowest BCUT2D eigenvalue weighted by Gasteiger charge is -2.08. The van der Waals surface area contributed by atoms with Gasteiger partial charge >= 0.3 is 0 Å². The van der Waals surface area contributed by atoms with Crippen LogP contribution in [-0.2, 0) is 14.3 Å². The molecule has 7 heteroatoms. The lowest BCUT2D eigenvalue weighted by molar-refractivity contribution is -0.126. The summed E-state index contributed by atoms with van der Waals surface area (Å²) in [6.07, 6.45) is 0.176. The number of hydrogen-bond donors (Lipinski definition) is 3. The number of hydrogen-bond acceptors (Lipinski definition) is 5. The fourth-order valence-electron chi connectivity index (χ4n) is 1.45. The number of nitrogen functional groups attached to an aromatic ring is 1. The van der Waals surface area contributed by atoms with Crippen LogP contribution in [0.1, 0.15) is 6.42 Å². The van der Waals surface area contributed by atoms with Gasteiger partial charge in [-0.25, -0.2) is 0 Å². The molecule has 0 atom stereocenters. The number of methoxy groups -OCH3 is 1. The smallest absolute Gasteiger partial charge is 0.239 e. The Morgan fingerprint density at radius 3 is 2.48 bits per heavy atom. The summed E-state index contributed by atoms with van der Waals surface area (Å²) in [5.41, 5.74) is 6.20. The number of carbonyl (C=O) groups is 2. The number of nitrogens with one attached hydrogen (secondary N) is 2. The van der Waals surface area contributed by atoms with Gasteiger partial charge in [0.15, 0.2) is 0 Å². The summed E-state index contributed by atoms with van der Waals surface area (Å²) in [5, 5.41) is 5.12. The summed E-state index contributed by atoms with van der Waals surface area (Å²) in [4.78, 5) is 22.8. The van der Waals surface area contributed by atoms with Crippen molar-refractivity contribution in [3.05, 3.63) is 24.3 Å². The van der Waals surface area contributed by atoms with Crippen LogP contribution >= 0.6 is 0 Å². The van der Waals surface area contributed by atoms with Gasteiger partial charge in [-0.2, -0.15) is 0 Å². The normalized spacial score (nSPS) is 9.95. The van der Waals surface area contributed by atoms with Crippen LogP contribution in [0.15, 0.2) is 24.3 Å². The van der Waals surface area contributed by atoms with Gasteiger partial charge in [-0.05, 0) is 24.3 Å². The molecule has 4 N–H and O–H groups in total. The van der Waals surface area contributed by atoms with E-state index >= 15 is 0 Å². The van der Waals surface area contributed by atoms with Gasteiger partial charge in [0.25, 0.3) is 0 Å². The molecule has 0 aliphatic rings. The van der Waals surface area contributed by atoms with Crippen molar-refractivity contribution >= 4 is 17.5 Å². The molecule has 0 heterocycles. The minimum absolute atomic E-state index is 0.0512. The van der Waals surface area contributed by atoms with E-state index in [0.717, 1.165) is 0 Å². The molecule has 7 nitrogen and oxygen atoms in total. The Morgan fingerprint density at radius 1 is 1.10 bits per heavy atom. The molecule has 21 heavy (non-hydrogen) atoms. The average Bonchev–Trinajstić information content (AvgIpc) is 2.47. The van der Waals surface area contributed by atoms with Gasteiger partial charge in [-0.3, -0.25) is 9.59 Å². The standard InChI is InChI=1S/C14H21N3O4/c1-20-9-7-16-14(19)10-17-13(18)6-8-21-12-4-2-11(15)3-5-12/h2-5H,6-10,15H2,1H3,(H,16,19)(H,17,18). The van der Waals surface area contributed by atoms with Crippen molar-refractivity contribution in [2.24, 2.45) is 0 Å². The number of nitrogens with two attached hydrogens (primary N) is 1. The molecule has 2 amide bonds. The number of benzene rings is 1. The summed E-state index contributed by atoms with van der Waals surface area (Å²) < 4.78 is 10.2. The van der Waals surface area contributed by atoms with Crippen molar-refractivity contribution in [2.45, 2.75) is 6.42 Å². The molecule has 1 rings (SSSR count). The highest BCUT2D eigenvalue weighted by Crippen LogP contribution is 2.12. The summed E-state index contributed by atoms with van der Waals surface area (Å²) in [6.45, 7) is 1.05. The van der Waals surface area contributed by atoms with E-state index in [0.29, 0.717) is 24.6 Å². The first kappa shape index (κ1) is 16.8. The maximum absolute atomic E-state index is 11.5. The molecule has 0 aromatic heterocycles. The Hall–Kier alpha value is -2.28. The van der Waals surface area contributed by atoms with Crippen molar-refractivity contribution in [1.82, 2.24) is 10.6 Å². The minimum atomic E-state index is -0.250. The molecule has 0 unspecified atom stereocenters.